The lowest BCUT2D eigenvalue weighted by Gasteiger charge is -2.08. The van der Waals surface area contributed by atoms with Crippen molar-refractivity contribution in [3.05, 3.63) is 28.2 Å². The Morgan fingerprint density at radius 2 is 2.22 bits per heavy atom. The van der Waals surface area contributed by atoms with E-state index in [1.54, 1.807) is 6.07 Å². The van der Waals surface area contributed by atoms with Crippen molar-refractivity contribution in [2.24, 2.45) is 0 Å². The van der Waals surface area contributed by atoms with Crippen molar-refractivity contribution in [2.45, 2.75) is 13.3 Å². The highest BCUT2D eigenvalue weighted by Gasteiger charge is 2.13. The summed E-state index contributed by atoms with van der Waals surface area (Å²) in [5, 5.41) is 0.445. The molecule has 4 nitrogen and oxygen atoms in total. The third-order valence-corrected chi connectivity index (χ3v) is 2.79. The number of rotatable bonds is 4. The summed E-state index contributed by atoms with van der Waals surface area (Å²) in [5.74, 6) is 0.251. The zero-order valence-electron chi connectivity index (χ0n) is 9.61. The zero-order valence-corrected chi connectivity index (χ0v) is 11.2. The smallest absolute Gasteiger partial charge is 0.225 e. The number of carbonyl (C=O) groups is 1. The molecular formula is C12H10BrFN2O2. The molecule has 0 N–H and O–H groups in total. The largest absolute Gasteiger partial charge is 0.469 e. The van der Waals surface area contributed by atoms with Crippen LogP contribution in [0.15, 0.2) is 16.6 Å². The number of aldehydes is 1. The van der Waals surface area contributed by atoms with Crippen molar-refractivity contribution in [1.29, 1.82) is 0 Å². The lowest BCUT2D eigenvalue weighted by atomic mass is 10.2. The molecule has 0 fully saturated rings. The van der Waals surface area contributed by atoms with Crippen molar-refractivity contribution in [2.75, 3.05) is 6.61 Å². The first-order valence-corrected chi connectivity index (χ1v) is 6.17. The normalized spacial score (nSPS) is 10.6. The second-order valence-corrected chi connectivity index (χ2v) is 4.48. The molecular weight excluding hydrogens is 303 g/mol. The molecule has 2 rings (SSSR count). The van der Waals surface area contributed by atoms with E-state index in [1.807, 2.05) is 6.92 Å². The topological polar surface area (TPSA) is 52.1 Å². The van der Waals surface area contributed by atoms with Gasteiger partial charge in [-0.15, -0.1) is 0 Å². The molecule has 0 amide bonds. The van der Waals surface area contributed by atoms with E-state index in [4.69, 9.17) is 4.74 Å². The maximum Gasteiger partial charge on any atom is 0.225 e. The molecule has 0 aliphatic heterocycles. The highest BCUT2D eigenvalue weighted by molar-refractivity contribution is 9.10. The molecule has 0 aliphatic carbocycles. The Balaban J connectivity index is 2.68. The van der Waals surface area contributed by atoms with Gasteiger partial charge < -0.3 is 4.74 Å². The van der Waals surface area contributed by atoms with Gasteiger partial charge in [-0.25, -0.2) is 9.37 Å². The van der Waals surface area contributed by atoms with E-state index in [2.05, 4.69) is 25.9 Å². The Morgan fingerprint density at radius 3 is 2.89 bits per heavy atom. The quantitative estimate of drug-likeness (QED) is 0.814. The monoisotopic (exact) mass is 312 g/mol. The fraction of sp³-hybridized carbons (Fsp3) is 0.250. The first-order chi connectivity index (χ1) is 8.65. The number of aryl methyl sites for hydroxylation is 1. The summed E-state index contributed by atoms with van der Waals surface area (Å²) in [6, 6.07) is 3.00. The predicted molar refractivity (Wildman–Crippen MR) is 68.1 cm³/mol. The highest BCUT2D eigenvalue weighted by atomic mass is 79.9. The van der Waals surface area contributed by atoms with Gasteiger partial charge >= 0.3 is 0 Å². The molecule has 0 unspecified atom stereocenters. The number of carbonyl (C=O) groups excluding carboxylic acids is 1. The van der Waals surface area contributed by atoms with Crippen molar-refractivity contribution >= 4 is 33.1 Å². The molecule has 1 aromatic carbocycles. The van der Waals surface area contributed by atoms with Gasteiger partial charge in [-0.1, -0.05) is 22.9 Å². The van der Waals surface area contributed by atoms with Crippen molar-refractivity contribution in [1.82, 2.24) is 9.97 Å². The average molecular weight is 313 g/mol. The van der Waals surface area contributed by atoms with E-state index in [-0.39, 0.29) is 18.0 Å². The van der Waals surface area contributed by atoms with Gasteiger partial charge in [0.25, 0.3) is 0 Å². The van der Waals surface area contributed by atoms with Crippen LogP contribution in [-0.4, -0.2) is 22.9 Å². The van der Waals surface area contributed by atoms with Crippen LogP contribution in [0, 0.1) is 5.82 Å². The standard InChI is InChI=1S/C12H10BrFN2O2/c1-2-10-15-11-8(5-7(13)6-9(11)14)12(16-10)18-4-3-17/h3,5-6H,2,4H2,1H3. The van der Waals surface area contributed by atoms with E-state index >= 15 is 0 Å². The summed E-state index contributed by atoms with van der Waals surface area (Å²) in [5.41, 5.74) is 0.200. The van der Waals surface area contributed by atoms with Gasteiger partial charge in [-0.2, -0.15) is 4.98 Å². The molecule has 6 heteroatoms. The minimum atomic E-state index is -0.451. The van der Waals surface area contributed by atoms with Gasteiger partial charge in [0, 0.05) is 10.9 Å². The molecule has 2 aromatic rings. The molecule has 0 radical (unpaired) electrons. The number of fused-ring (bicyclic) bond motifs is 1. The molecule has 1 heterocycles. The zero-order chi connectivity index (χ0) is 13.1. The second-order valence-electron chi connectivity index (χ2n) is 3.56. The van der Waals surface area contributed by atoms with Gasteiger partial charge in [0.2, 0.25) is 5.88 Å². The molecule has 1 aromatic heterocycles. The van der Waals surface area contributed by atoms with Crippen LogP contribution >= 0.6 is 15.9 Å². The van der Waals surface area contributed by atoms with Crippen LogP contribution in [0.3, 0.4) is 0 Å². The fourth-order valence-electron chi connectivity index (χ4n) is 1.56. The lowest BCUT2D eigenvalue weighted by molar-refractivity contribution is -0.109. The summed E-state index contributed by atoms with van der Waals surface area (Å²) in [6.07, 6.45) is 1.18. The molecule has 0 spiro atoms. The summed E-state index contributed by atoms with van der Waals surface area (Å²) < 4.78 is 19.6. The molecule has 0 atom stereocenters. The number of nitrogens with zero attached hydrogens (tertiary/aromatic N) is 2. The van der Waals surface area contributed by atoms with Crippen LogP contribution < -0.4 is 4.74 Å². The van der Waals surface area contributed by atoms with Crippen LogP contribution in [0.1, 0.15) is 12.7 Å². The maximum absolute atomic E-state index is 13.8. The summed E-state index contributed by atoms with van der Waals surface area (Å²) in [6.45, 7) is 1.74. The van der Waals surface area contributed by atoms with Gasteiger partial charge in [0.05, 0.1) is 5.39 Å². The lowest BCUT2D eigenvalue weighted by Crippen LogP contribution is -2.04. The van der Waals surface area contributed by atoms with Crippen LogP contribution in [0.25, 0.3) is 10.9 Å². The second kappa shape index (κ2) is 5.39. The number of halogens is 2. The molecule has 0 saturated carbocycles. The van der Waals surface area contributed by atoms with E-state index < -0.39 is 5.82 Å². The summed E-state index contributed by atoms with van der Waals surface area (Å²) in [7, 11) is 0. The first kappa shape index (κ1) is 12.9. The highest BCUT2D eigenvalue weighted by Crippen LogP contribution is 2.28. The third kappa shape index (κ3) is 2.48. The Labute approximate surface area is 111 Å². The third-order valence-electron chi connectivity index (χ3n) is 2.33. The van der Waals surface area contributed by atoms with Crippen LogP contribution in [0.4, 0.5) is 4.39 Å². The van der Waals surface area contributed by atoms with E-state index in [0.717, 1.165) is 0 Å². The van der Waals surface area contributed by atoms with Gasteiger partial charge in [0.15, 0.2) is 12.1 Å². The Bertz CT molecular complexity index is 604. The Hall–Kier alpha value is -1.56. The van der Waals surface area contributed by atoms with Gasteiger partial charge in [0.1, 0.15) is 17.9 Å². The first-order valence-electron chi connectivity index (χ1n) is 5.37. The number of aromatic nitrogens is 2. The molecule has 0 bridgehead atoms. The predicted octanol–water partition coefficient (Wildman–Crippen LogP) is 2.67. The van der Waals surface area contributed by atoms with Crippen molar-refractivity contribution in [3.63, 3.8) is 0 Å². The maximum atomic E-state index is 13.8. The summed E-state index contributed by atoms with van der Waals surface area (Å²) in [4.78, 5) is 18.6. The Kier molecular flexibility index (Phi) is 3.86. The van der Waals surface area contributed by atoms with Crippen LogP contribution in [0.5, 0.6) is 5.88 Å². The van der Waals surface area contributed by atoms with Gasteiger partial charge in [-0.3, -0.25) is 4.79 Å². The van der Waals surface area contributed by atoms with E-state index in [0.29, 0.717) is 28.4 Å². The average Bonchev–Trinajstić information content (AvgIpc) is 2.36. The van der Waals surface area contributed by atoms with Crippen molar-refractivity contribution in [3.8, 4) is 5.88 Å². The summed E-state index contributed by atoms with van der Waals surface area (Å²) >= 11 is 3.20. The number of hydrogen-bond acceptors (Lipinski definition) is 4. The minimum Gasteiger partial charge on any atom is -0.469 e. The van der Waals surface area contributed by atoms with Crippen LogP contribution in [-0.2, 0) is 11.2 Å². The van der Waals surface area contributed by atoms with Gasteiger partial charge in [-0.05, 0) is 12.1 Å². The van der Waals surface area contributed by atoms with Crippen LogP contribution in [0.2, 0.25) is 0 Å². The number of benzene rings is 1. The molecule has 18 heavy (non-hydrogen) atoms. The molecule has 0 aliphatic rings. The van der Waals surface area contributed by atoms with E-state index in [1.165, 1.54) is 6.07 Å². The Morgan fingerprint density at radius 1 is 1.44 bits per heavy atom. The fourth-order valence-corrected chi connectivity index (χ4v) is 1.99. The molecule has 0 saturated heterocycles. The van der Waals surface area contributed by atoms with E-state index in [9.17, 15) is 9.18 Å². The van der Waals surface area contributed by atoms with Crippen molar-refractivity contribution < 1.29 is 13.9 Å². The number of hydrogen-bond donors (Lipinski definition) is 0. The SMILES string of the molecule is CCc1nc(OCC=O)c2cc(Br)cc(F)c2n1. The number of ether oxygens (including phenoxy) is 1. The minimum absolute atomic E-state index is 0.122. The molecule has 94 valence electrons.